The Morgan fingerprint density at radius 3 is 2.95 bits per heavy atom. The first-order chi connectivity index (χ1) is 9.24. The molecule has 5 nitrogen and oxygen atoms in total. The van der Waals surface area contributed by atoms with Gasteiger partial charge >= 0.3 is 0 Å². The van der Waals surface area contributed by atoms with E-state index in [2.05, 4.69) is 9.88 Å². The Balaban J connectivity index is 2.13. The Morgan fingerprint density at radius 1 is 1.37 bits per heavy atom. The van der Waals surface area contributed by atoms with Crippen LogP contribution in [-0.4, -0.2) is 43.2 Å². The summed E-state index contributed by atoms with van der Waals surface area (Å²) < 4.78 is 10.7. The summed E-state index contributed by atoms with van der Waals surface area (Å²) in [6.45, 7) is 2.74. The summed E-state index contributed by atoms with van der Waals surface area (Å²) in [7, 11) is 3.29. The van der Waals surface area contributed by atoms with Gasteiger partial charge in [0.05, 0.1) is 14.2 Å². The third-order valence-corrected chi connectivity index (χ3v) is 3.53. The van der Waals surface area contributed by atoms with Crippen LogP contribution in [0.25, 0.3) is 0 Å². The van der Waals surface area contributed by atoms with Gasteiger partial charge in [0.15, 0.2) is 11.5 Å². The quantitative estimate of drug-likeness (QED) is 0.892. The third-order valence-electron chi connectivity index (χ3n) is 3.53. The number of methoxy groups -OCH3 is 2. The summed E-state index contributed by atoms with van der Waals surface area (Å²) >= 11 is 0. The second-order valence-corrected chi connectivity index (χ2v) is 4.98. The summed E-state index contributed by atoms with van der Waals surface area (Å²) in [5.41, 5.74) is 7.00. The predicted molar refractivity (Wildman–Crippen MR) is 74.4 cm³/mol. The van der Waals surface area contributed by atoms with Gasteiger partial charge in [-0.15, -0.1) is 0 Å². The number of nitrogens with two attached hydrogens (primary N) is 1. The molecule has 106 valence electrons. The minimum Gasteiger partial charge on any atom is -0.493 e. The predicted octanol–water partition coefficient (Wildman–Crippen LogP) is 1.41. The normalized spacial score (nSPS) is 20.9. The van der Waals surface area contributed by atoms with E-state index in [-0.39, 0.29) is 6.04 Å². The summed E-state index contributed by atoms with van der Waals surface area (Å²) in [6.07, 6.45) is 5.27. The van der Waals surface area contributed by atoms with E-state index in [0.717, 1.165) is 43.2 Å². The molecule has 2 heterocycles. The van der Waals surface area contributed by atoms with Gasteiger partial charge in [0.25, 0.3) is 0 Å². The molecule has 2 rings (SSSR count). The van der Waals surface area contributed by atoms with Crippen LogP contribution in [0, 0.1) is 0 Å². The summed E-state index contributed by atoms with van der Waals surface area (Å²) in [4.78, 5) is 6.77. The molecule has 0 amide bonds. The van der Waals surface area contributed by atoms with Crippen molar-refractivity contribution < 1.29 is 9.47 Å². The average Bonchev–Trinajstić information content (AvgIpc) is 2.62. The molecule has 1 fully saturated rings. The smallest absolute Gasteiger partial charge is 0.183 e. The fraction of sp³-hybridized carbons (Fsp3) is 0.643. The summed E-state index contributed by atoms with van der Waals surface area (Å²) in [5, 5.41) is 0. The minimum absolute atomic E-state index is 0.263. The molecule has 1 aromatic heterocycles. The molecule has 0 saturated carbocycles. The Hall–Kier alpha value is -1.33. The number of likely N-dealkylation sites (tertiary alicyclic amines) is 1. The standard InChI is InChI=1S/C14H23N3O2/c1-18-13-6-7-16-12(14(13)19-2)10-17-8-4-3-5-11(15)9-17/h6-7,11H,3-5,8-10,15H2,1-2H3/t11-/m1/s1. The van der Waals surface area contributed by atoms with Crippen LogP contribution in [0.4, 0.5) is 0 Å². The van der Waals surface area contributed by atoms with Gasteiger partial charge in [-0.2, -0.15) is 0 Å². The van der Waals surface area contributed by atoms with Crippen LogP contribution in [0.2, 0.25) is 0 Å². The van der Waals surface area contributed by atoms with Crippen molar-refractivity contribution in [2.75, 3.05) is 27.3 Å². The molecule has 5 heteroatoms. The maximum atomic E-state index is 6.09. The minimum atomic E-state index is 0.263. The zero-order chi connectivity index (χ0) is 13.7. The summed E-state index contributed by atoms with van der Waals surface area (Å²) in [6, 6.07) is 2.08. The van der Waals surface area contributed by atoms with Crippen LogP contribution < -0.4 is 15.2 Å². The fourth-order valence-corrected chi connectivity index (χ4v) is 2.57. The number of aromatic nitrogens is 1. The molecule has 0 bridgehead atoms. The van der Waals surface area contributed by atoms with Crippen molar-refractivity contribution >= 4 is 0 Å². The van der Waals surface area contributed by atoms with E-state index in [1.54, 1.807) is 20.4 Å². The molecule has 0 aromatic carbocycles. The highest BCUT2D eigenvalue weighted by molar-refractivity contribution is 5.42. The molecular formula is C14H23N3O2. The molecule has 0 radical (unpaired) electrons. The van der Waals surface area contributed by atoms with Crippen LogP contribution in [-0.2, 0) is 6.54 Å². The molecule has 0 spiro atoms. The Kier molecular flexibility index (Phi) is 4.99. The SMILES string of the molecule is COc1ccnc(CN2CCCC[C@@H](N)C2)c1OC. The highest BCUT2D eigenvalue weighted by Crippen LogP contribution is 2.30. The summed E-state index contributed by atoms with van der Waals surface area (Å²) in [5.74, 6) is 1.45. The number of rotatable bonds is 4. The number of nitrogens with zero attached hydrogens (tertiary/aromatic N) is 2. The van der Waals surface area contributed by atoms with Gasteiger partial charge in [0, 0.05) is 31.4 Å². The topological polar surface area (TPSA) is 60.6 Å². The first kappa shape index (κ1) is 14.1. The number of ether oxygens (including phenoxy) is 2. The largest absolute Gasteiger partial charge is 0.493 e. The highest BCUT2D eigenvalue weighted by atomic mass is 16.5. The fourth-order valence-electron chi connectivity index (χ4n) is 2.57. The Bertz CT molecular complexity index is 412. The van der Waals surface area contributed by atoms with Crippen molar-refractivity contribution in [1.29, 1.82) is 0 Å². The Labute approximate surface area is 114 Å². The zero-order valence-corrected chi connectivity index (χ0v) is 11.8. The van der Waals surface area contributed by atoms with Crippen molar-refractivity contribution in [3.05, 3.63) is 18.0 Å². The maximum Gasteiger partial charge on any atom is 0.183 e. The molecule has 2 N–H and O–H groups in total. The van der Waals surface area contributed by atoms with Crippen LogP contribution in [0.1, 0.15) is 25.0 Å². The first-order valence-corrected chi connectivity index (χ1v) is 6.78. The van der Waals surface area contributed by atoms with Crippen molar-refractivity contribution in [2.24, 2.45) is 5.73 Å². The first-order valence-electron chi connectivity index (χ1n) is 6.78. The van der Waals surface area contributed by atoms with Gasteiger partial charge in [-0.3, -0.25) is 9.88 Å². The van der Waals surface area contributed by atoms with Crippen LogP contribution in [0.3, 0.4) is 0 Å². The number of pyridine rings is 1. The van der Waals surface area contributed by atoms with Crippen molar-refractivity contribution in [2.45, 2.75) is 31.8 Å². The zero-order valence-electron chi connectivity index (χ0n) is 11.8. The van der Waals surface area contributed by atoms with E-state index in [1.165, 1.54) is 12.8 Å². The van der Waals surface area contributed by atoms with Crippen LogP contribution in [0.15, 0.2) is 12.3 Å². The van der Waals surface area contributed by atoms with Gasteiger partial charge in [-0.1, -0.05) is 6.42 Å². The van der Waals surface area contributed by atoms with Crippen LogP contribution >= 0.6 is 0 Å². The average molecular weight is 265 g/mol. The molecule has 19 heavy (non-hydrogen) atoms. The van der Waals surface area contributed by atoms with Crippen LogP contribution in [0.5, 0.6) is 11.5 Å². The lowest BCUT2D eigenvalue weighted by atomic mass is 10.2. The maximum absolute atomic E-state index is 6.09. The molecule has 0 aliphatic carbocycles. The van der Waals surface area contributed by atoms with Gasteiger partial charge in [0.2, 0.25) is 0 Å². The second kappa shape index (κ2) is 6.73. The molecular weight excluding hydrogens is 242 g/mol. The van der Waals surface area contributed by atoms with Crippen molar-refractivity contribution in [1.82, 2.24) is 9.88 Å². The second-order valence-electron chi connectivity index (χ2n) is 4.98. The lowest BCUT2D eigenvalue weighted by Gasteiger charge is -2.23. The van der Waals surface area contributed by atoms with E-state index >= 15 is 0 Å². The highest BCUT2D eigenvalue weighted by Gasteiger charge is 2.18. The van der Waals surface area contributed by atoms with Gasteiger partial charge < -0.3 is 15.2 Å². The number of hydrogen-bond donors (Lipinski definition) is 1. The van der Waals surface area contributed by atoms with Gasteiger partial charge in [0.1, 0.15) is 5.69 Å². The van der Waals surface area contributed by atoms with Gasteiger partial charge in [-0.05, 0) is 19.4 Å². The van der Waals surface area contributed by atoms with Crippen molar-refractivity contribution in [3.8, 4) is 11.5 Å². The molecule has 1 aliphatic rings. The monoisotopic (exact) mass is 265 g/mol. The van der Waals surface area contributed by atoms with E-state index in [0.29, 0.717) is 0 Å². The molecule has 1 saturated heterocycles. The lowest BCUT2D eigenvalue weighted by molar-refractivity contribution is 0.254. The molecule has 1 aliphatic heterocycles. The van der Waals surface area contributed by atoms with E-state index < -0.39 is 0 Å². The molecule has 1 aromatic rings. The van der Waals surface area contributed by atoms with E-state index in [4.69, 9.17) is 15.2 Å². The third kappa shape index (κ3) is 3.58. The van der Waals surface area contributed by atoms with Crippen molar-refractivity contribution in [3.63, 3.8) is 0 Å². The Morgan fingerprint density at radius 2 is 2.21 bits per heavy atom. The van der Waals surface area contributed by atoms with Gasteiger partial charge in [-0.25, -0.2) is 0 Å². The van der Waals surface area contributed by atoms with E-state index in [9.17, 15) is 0 Å². The lowest BCUT2D eigenvalue weighted by Crippen LogP contribution is -2.35. The number of hydrogen-bond acceptors (Lipinski definition) is 5. The molecule has 0 unspecified atom stereocenters. The van der Waals surface area contributed by atoms with E-state index in [1.807, 2.05) is 6.07 Å². The molecule has 1 atom stereocenters.